The van der Waals surface area contributed by atoms with Gasteiger partial charge in [-0.25, -0.2) is 0 Å². The molecule has 0 atom stereocenters. The average molecular weight is 300 g/mol. The van der Waals surface area contributed by atoms with Gasteiger partial charge in [0.2, 0.25) is 6.79 Å². The van der Waals surface area contributed by atoms with Gasteiger partial charge in [-0.2, -0.15) is 0 Å². The second-order valence-electron chi connectivity index (χ2n) is 4.51. The van der Waals surface area contributed by atoms with Crippen LogP contribution in [0.4, 0.5) is 0 Å². The highest BCUT2D eigenvalue weighted by Crippen LogP contribution is 2.45. The van der Waals surface area contributed by atoms with Crippen LogP contribution in [0, 0.1) is 0 Å². The van der Waals surface area contributed by atoms with E-state index in [4.69, 9.17) is 9.47 Å². The predicted molar refractivity (Wildman–Crippen MR) is 72.0 cm³/mol. The number of benzene rings is 1. The number of hydrogen-bond donors (Lipinski definition) is 1. The summed E-state index contributed by atoms with van der Waals surface area (Å²) in [6, 6.07) is 2.11. The summed E-state index contributed by atoms with van der Waals surface area (Å²) < 4.78 is 12.0. The van der Waals surface area contributed by atoms with Gasteiger partial charge in [0.1, 0.15) is 0 Å². The molecule has 0 aliphatic carbocycles. The van der Waals surface area contributed by atoms with Crippen LogP contribution in [0.25, 0.3) is 0 Å². The number of nitrogens with one attached hydrogen (secondary N) is 1. The van der Waals surface area contributed by atoms with Crippen molar-refractivity contribution >= 4 is 15.9 Å². The molecule has 0 radical (unpaired) electrons. The summed E-state index contributed by atoms with van der Waals surface area (Å²) >= 11 is 3.65. The highest BCUT2D eigenvalue weighted by molar-refractivity contribution is 9.10. The van der Waals surface area contributed by atoms with E-state index in [9.17, 15) is 0 Å². The summed E-state index contributed by atoms with van der Waals surface area (Å²) in [5.41, 5.74) is 2.65. The Morgan fingerprint density at radius 3 is 2.82 bits per heavy atom. The molecule has 1 heterocycles. The van der Waals surface area contributed by atoms with Crippen molar-refractivity contribution in [2.75, 3.05) is 20.4 Å². The van der Waals surface area contributed by atoms with Gasteiger partial charge in [0.15, 0.2) is 11.5 Å². The summed E-state index contributed by atoms with van der Waals surface area (Å²) in [7, 11) is 1.97. The summed E-state index contributed by atoms with van der Waals surface area (Å²) in [5.74, 6) is 2.17. The van der Waals surface area contributed by atoms with E-state index < -0.39 is 0 Å². The van der Waals surface area contributed by atoms with Crippen LogP contribution in [0.3, 0.4) is 0 Å². The molecule has 17 heavy (non-hydrogen) atoms. The fourth-order valence-corrected chi connectivity index (χ4v) is 3.18. The van der Waals surface area contributed by atoms with Crippen LogP contribution in [-0.4, -0.2) is 20.4 Å². The number of fused-ring (bicyclic) bond motifs is 1. The Balaban J connectivity index is 2.45. The van der Waals surface area contributed by atoms with Crippen LogP contribution in [-0.2, 0) is 6.42 Å². The van der Waals surface area contributed by atoms with Crippen LogP contribution in [0.5, 0.6) is 11.5 Å². The first-order valence-electron chi connectivity index (χ1n) is 5.90. The molecule has 0 spiro atoms. The van der Waals surface area contributed by atoms with Gasteiger partial charge in [-0.05, 0) is 59.1 Å². The van der Waals surface area contributed by atoms with Crippen LogP contribution < -0.4 is 14.8 Å². The third-order valence-corrected chi connectivity index (χ3v) is 3.74. The van der Waals surface area contributed by atoms with E-state index >= 15 is 0 Å². The zero-order valence-corrected chi connectivity index (χ0v) is 12.1. The molecule has 1 aromatic carbocycles. The van der Waals surface area contributed by atoms with E-state index in [1.165, 1.54) is 11.1 Å². The maximum Gasteiger partial charge on any atom is 0.231 e. The Hall–Kier alpha value is -0.740. The highest BCUT2D eigenvalue weighted by atomic mass is 79.9. The van der Waals surface area contributed by atoms with Crippen molar-refractivity contribution in [2.24, 2.45) is 0 Å². The van der Waals surface area contributed by atoms with Gasteiger partial charge in [-0.1, -0.05) is 13.8 Å². The zero-order chi connectivity index (χ0) is 12.4. The fraction of sp³-hybridized carbons (Fsp3) is 0.538. The van der Waals surface area contributed by atoms with E-state index in [-0.39, 0.29) is 0 Å². The molecule has 0 unspecified atom stereocenters. The maximum absolute atomic E-state index is 5.49. The summed E-state index contributed by atoms with van der Waals surface area (Å²) in [5, 5.41) is 3.18. The molecule has 1 aliphatic heterocycles. The first-order valence-corrected chi connectivity index (χ1v) is 6.70. The van der Waals surface area contributed by atoms with Crippen molar-refractivity contribution in [2.45, 2.75) is 26.2 Å². The molecule has 1 N–H and O–H groups in total. The summed E-state index contributed by atoms with van der Waals surface area (Å²) in [6.45, 7) is 5.68. The Labute approximate surface area is 111 Å². The van der Waals surface area contributed by atoms with Gasteiger partial charge in [-0.3, -0.25) is 0 Å². The van der Waals surface area contributed by atoms with Crippen molar-refractivity contribution in [3.05, 3.63) is 21.7 Å². The van der Waals surface area contributed by atoms with Gasteiger partial charge in [0.25, 0.3) is 0 Å². The van der Waals surface area contributed by atoms with Crippen LogP contribution in [0.1, 0.15) is 30.9 Å². The normalized spacial score (nSPS) is 13.5. The second kappa shape index (κ2) is 5.27. The topological polar surface area (TPSA) is 30.5 Å². The molecule has 2 rings (SSSR count). The Morgan fingerprint density at radius 2 is 2.18 bits per heavy atom. The van der Waals surface area contributed by atoms with Gasteiger partial charge in [0, 0.05) is 0 Å². The van der Waals surface area contributed by atoms with Crippen molar-refractivity contribution in [3.8, 4) is 11.5 Å². The molecular formula is C13H18BrNO2. The number of ether oxygens (including phenoxy) is 2. The minimum Gasteiger partial charge on any atom is -0.454 e. The van der Waals surface area contributed by atoms with E-state index in [1.54, 1.807) is 0 Å². The fourth-order valence-electron chi connectivity index (χ4n) is 2.16. The molecular weight excluding hydrogens is 282 g/mol. The van der Waals surface area contributed by atoms with Crippen molar-refractivity contribution in [3.63, 3.8) is 0 Å². The van der Waals surface area contributed by atoms with E-state index in [0.717, 1.165) is 28.9 Å². The summed E-state index contributed by atoms with van der Waals surface area (Å²) in [6.07, 6.45) is 0.999. The minimum atomic E-state index is 0.320. The lowest BCUT2D eigenvalue weighted by Crippen LogP contribution is -2.12. The largest absolute Gasteiger partial charge is 0.454 e. The maximum atomic E-state index is 5.49. The van der Waals surface area contributed by atoms with E-state index in [2.05, 4.69) is 41.2 Å². The SMILES string of the molecule is CNCCc1cc2c(c(Br)c1C(C)C)OCO2. The van der Waals surface area contributed by atoms with E-state index in [0.29, 0.717) is 12.7 Å². The van der Waals surface area contributed by atoms with E-state index in [1.807, 2.05) is 7.05 Å². The smallest absolute Gasteiger partial charge is 0.231 e. The molecule has 1 aromatic rings. The Kier molecular flexibility index (Phi) is 3.94. The molecule has 94 valence electrons. The molecule has 4 heteroatoms. The molecule has 1 aliphatic rings. The van der Waals surface area contributed by atoms with Gasteiger partial charge in [-0.15, -0.1) is 0 Å². The quantitative estimate of drug-likeness (QED) is 0.927. The van der Waals surface area contributed by atoms with Crippen molar-refractivity contribution < 1.29 is 9.47 Å². The number of halogens is 1. The molecule has 0 aromatic heterocycles. The summed E-state index contributed by atoms with van der Waals surface area (Å²) in [4.78, 5) is 0. The van der Waals surface area contributed by atoms with Crippen molar-refractivity contribution in [1.82, 2.24) is 5.32 Å². The second-order valence-corrected chi connectivity index (χ2v) is 5.30. The standard InChI is InChI=1S/C13H18BrNO2/c1-8(2)11-9(4-5-15-3)6-10-13(12(11)14)17-7-16-10/h6,8,15H,4-5,7H2,1-3H3. The lowest BCUT2D eigenvalue weighted by Gasteiger charge is -2.16. The monoisotopic (exact) mass is 299 g/mol. The van der Waals surface area contributed by atoms with Crippen LogP contribution in [0.2, 0.25) is 0 Å². The van der Waals surface area contributed by atoms with Gasteiger partial charge < -0.3 is 14.8 Å². The van der Waals surface area contributed by atoms with Gasteiger partial charge >= 0.3 is 0 Å². The highest BCUT2D eigenvalue weighted by Gasteiger charge is 2.23. The molecule has 0 fully saturated rings. The minimum absolute atomic E-state index is 0.320. The predicted octanol–water partition coefficient (Wildman–Crippen LogP) is 3.06. The lowest BCUT2D eigenvalue weighted by atomic mass is 9.94. The Morgan fingerprint density at radius 1 is 1.41 bits per heavy atom. The third-order valence-electron chi connectivity index (χ3n) is 2.95. The molecule has 0 saturated heterocycles. The lowest BCUT2D eigenvalue weighted by molar-refractivity contribution is 0.173. The number of hydrogen-bond acceptors (Lipinski definition) is 3. The zero-order valence-electron chi connectivity index (χ0n) is 10.5. The van der Waals surface area contributed by atoms with Crippen molar-refractivity contribution in [1.29, 1.82) is 0 Å². The third kappa shape index (κ3) is 2.43. The number of likely N-dealkylation sites (N-methyl/N-ethyl adjacent to an activating group) is 1. The molecule has 0 saturated carbocycles. The first kappa shape index (κ1) is 12.7. The molecule has 3 nitrogen and oxygen atoms in total. The first-order chi connectivity index (χ1) is 8.15. The Bertz CT molecular complexity index is 418. The molecule has 0 bridgehead atoms. The number of rotatable bonds is 4. The van der Waals surface area contributed by atoms with Gasteiger partial charge in [0.05, 0.1) is 4.47 Å². The molecule has 0 amide bonds. The van der Waals surface area contributed by atoms with Crippen LogP contribution in [0.15, 0.2) is 10.5 Å². The van der Waals surface area contributed by atoms with Crippen LogP contribution >= 0.6 is 15.9 Å². The average Bonchev–Trinajstić information content (AvgIpc) is 2.74.